The molecule has 0 aliphatic carbocycles. The number of carbonyl (C=O) groups excluding carboxylic acids is 1. The van der Waals surface area contributed by atoms with Crippen LogP contribution in [-0.2, 0) is 14.8 Å². The Morgan fingerprint density at radius 3 is 2.41 bits per heavy atom. The molecule has 0 aromatic heterocycles. The first-order valence-corrected chi connectivity index (χ1v) is 8.38. The Balaban J connectivity index is 2.32. The van der Waals surface area contributed by atoms with Crippen molar-refractivity contribution in [3.8, 4) is 0 Å². The zero-order chi connectivity index (χ0) is 16.3. The normalized spacial score (nSPS) is 19.6. The first-order chi connectivity index (χ1) is 10.4. The van der Waals surface area contributed by atoms with Crippen molar-refractivity contribution >= 4 is 21.9 Å². The molecule has 2 rings (SSSR count). The number of carbonyl (C=O) groups is 2. The van der Waals surface area contributed by atoms with E-state index in [1.165, 1.54) is 31.3 Å². The highest BCUT2D eigenvalue weighted by Gasteiger charge is 2.37. The van der Waals surface area contributed by atoms with Crippen LogP contribution in [-0.4, -0.2) is 49.3 Å². The number of amides is 1. The number of sulfonamides is 1. The molecule has 1 saturated heterocycles. The highest BCUT2D eigenvalue weighted by Crippen LogP contribution is 2.25. The van der Waals surface area contributed by atoms with Crippen LogP contribution in [0.1, 0.15) is 29.6 Å². The topological polar surface area (TPSA) is 104 Å². The smallest absolute Gasteiger partial charge is 0.322 e. The number of carboxylic acid groups (broad SMARTS) is 1. The summed E-state index contributed by atoms with van der Waals surface area (Å²) in [6.07, 6.45) is 1.64. The number of nitrogens with one attached hydrogen (secondary N) is 1. The summed E-state index contributed by atoms with van der Waals surface area (Å²) in [5.41, 5.74) is 0.342. The van der Waals surface area contributed by atoms with Crippen molar-refractivity contribution in [2.75, 3.05) is 13.6 Å². The van der Waals surface area contributed by atoms with E-state index in [0.29, 0.717) is 24.8 Å². The fourth-order valence-corrected chi connectivity index (χ4v) is 4.15. The Hall–Kier alpha value is -1.93. The van der Waals surface area contributed by atoms with E-state index < -0.39 is 22.0 Å². The lowest BCUT2D eigenvalue weighted by atomic mass is 10.1. The number of aliphatic carboxylic acids is 1. The Kier molecular flexibility index (Phi) is 4.82. The summed E-state index contributed by atoms with van der Waals surface area (Å²) in [4.78, 5) is 22.7. The number of piperidine rings is 1. The van der Waals surface area contributed by atoms with Crippen LogP contribution in [0.3, 0.4) is 0 Å². The minimum atomic E-state index is -3.88. The molecule has 120 valence electrons. The molecule has 2 N–H and O–H groups in total. The maximum absolute atomic E-state index is 12.6. The van der Waals surface area contributed by atoms with Crippen LogP contribution < -0.4 is 5.32 Å². The Morgan fingerprint density at radius 1 is 1.23 bits per heavy atom. The van der Waals surface area contributed by atoms with E-state index in [1.807, 2.05) is 0 Å². The zero-order valence-electron chi connectivity index (χ0n) is 12.2. The van der Waals surface area contributed by atoms with Gasteiger partial charge in [0.05, 0.1) is 4.90 Å². The van der Waals surface area contributed by atoms with Gasteiger partial charge in [0.25, 0.3) is 5.91 Å². The first-order valence-electron chi connectivity index (χ1n) is 6.94. The SMILES string of the molecule is CNC(=O)c1ccc(S(=O)(=O)N2CCCCC2C(=O)O)cc1. The van der Waals surface area contributed by atoms with Gasteiger partial charge in [-0.2, -0.15) is 4.31 Å². The van der Waals surface area contributed by atoms with Gasteiger partial charge in [-0.05, 0) is 43.5 Å². The zero-order valence-corrected chi connectivity index (χ0v) is 13.0. The average Bonchev–Trinajstić information content (AvgIpc) is 2.54. The van der Waals surface area contributed by atoms with Crippen molar-refractivity contribution < 1.29 is 23.1 Å². The van der Waals surface area contributed by atoms with Crippen molar-refractivity contribution in [3.05, 3.63) is 29.8 Å². The molecule has 1 aliphatic rings. The first kappa shape index (κ1) is 16.4. The third-order valence-electron chi connectivity index (χ3n) is 3.69. The number of carboxylic acids is 1. The number of rotatable bonds is 4. The molecule has 1 amide bonds. The minimum absolute atomic E-state index is 0.00620. The predicted molar refractivity (Wildman–Crippen MR) is 79.0 cm³/mol. The number of nitrogens with zero attached hydrogens (tertiary/aromatic N) is 1. The molecule has 1 unspecified atom stereocenters. The van der Waals surface area contributed by atoms with Crippen LogP contribution >= 0.6 is 0 Å². The molecular weight excluding hydrogens is 308 g/mol. The second kappa shape index (κ2) is 6.45. The molecule has 0 saturated carbocycles. The van der Waals surface area contributed by atoms with Crippen molar-refractivity contribution in [2.24, 2.45) is 0 Å². The lowest BCUT2D eigenvalue weighted by Crippen LogP contribution is -2.47. The molecule has 1 heterocycles. The van der Waals surface area contributed by atoms with E-state index >= 15 is 0 Å². The van der Waals surface area contributed by atoms with Crippen LogP contribution in [0.2, 0.25) is 0 Å². The lowest BCUT2D eigenvalue weighted by molar-refractivity contribution is -0.142. The van der Waals surface area contributed by atoms with E-state index in [9.17, 15) is 23.1 Å². The molecule has 22 heavy (non-hydrogen) atoms. The van der Waals surface area contributed by atoms with E-state index in [1.54, 1.807) is 0 Å². The maximum Gasteiger partial charge on any atom is 0.322 e. The summed E-state index contributed by atoms with van der Waals surface area (Å²) in [6.45, 7) is 0.191. The van der Waals surface area contributed by atoms with Gasteiger partial charge < -0.3 is 10.4 Å². The van der Waals surface area contributed by atoms with Crippen LogP contribution in [0.25, 0.3) is 0 Å². The van der Waals surface area contributed by atoms with Gasteiger partial charge in [-0.25, -0.2) is 8.42 Å². The minimum Gasteiger partial charge on any atom is -0.480 e. The van der Waals surface area contributed by atoms with Crippen LogP contribution in [0, 0.1) is 0 Å². The van der Waals surface area contributed by atoms with Crippen LogP contribution in [0.4, 0.5) is 0 Å². The summed E-state index contributed by atoms with van der Waals surface area (Å²) in [5, 5.41) is 11.7. The summed E-state index contributed by atoms with van der Waals surface area (Å²) >= 11 is 0. The molecular formula is C14H18N2O5S. The van der Waals surface area contributed by atoms with Gasteiger partial charge in [0, 0.05) is 19.2 Å². The van der Waals surface area contributed by atoms with Crippen molar-refractivity contribution in [1.82, 2.24) is 9.62 Å². The Morgan fingerprint density at radius 2 is 1.86 bits per heavy atom. The third-order valence-corrected chi connectivity index (χ3v) is 5.61. The van der Waals surface area contributed by atoms with E-state index in [0.717, 1.165) is 4.31 Å². The molecule has 0 bridgehead atoms. The van der Waals surface area contributed by atoms with E-state index in [2.05, 4.69) is 5.32 Å². The van der Waals surface area contributed by atoms with Gasteiger partial charge in [0.15, 0.2) is 0 Å². The monoisotopic (exact) mass is 326 g/mol. The second-order valence-corrected chi connectivity index (χ2v) is 6.96. The fraction of sp³-hybridized carbons (Fsp3) is 0.429. The van der Waals surface area contributed by atoms with Crippen LogP contribution in [0.5, 0.6) is 0 Å². The summed E-state index contributed by atoms with van der Waals surface area (Å²) in [5.74, 6) is -1.45. The molecule has 1 aromatic carbocycles. The van der Waals surface area contributed by atoms with Crippen LogP contribution in [0.15, 0.2) is 29.2 Å². The molecule has 1 fully saturated rings. The highest BCUT2D eigenvalue weighted by atomic mass is 32.2. The van der Waals surface area contributed by atoms with Gasteiger partial charge in [-0.15, -0.1) is 0 Å². The average molecular weight is 326 g/mol. The van der Waals surface area contributed by atoms with Gasteiger partial charge >= 0.3 is 5.97 Å². The molecule has 1 aliphatic heterocycles. The summed E-state index contributed by atoms with van der Waals surface area (Å²) in [7, 11) is -2.40. The Labute approximate surface area is 129 Å². The molecule has 0 spiro atoms. The molecule has 1 atom stereocenters. The summed E-state index contributed by atoms with van der Waals surface area (Å²) in [6, 6.07) is 4.44. The number of hydrogen-bond donors (Lipinski definition) is 2. The molecule has 1 aromatic rings. The standard InChI is InChI=1S/C14H18N2O5S/c1-15-13(17)10-5-7-11(8-6-10)22(20,21)16-9-3-2-4-12(16)14(18)19/h5-8,12H,2-4,9H2,1H3,(H,15,17)(H,18,19). The van der Waals surface area contributed by atoms with Crippen molar-refractivity contribution in [3.63, 3.8) is 0 Å². The second-order valence-electron chi connectivity index (χ2n) is 5.07. The van der Waals surface area contributed by atoms with Gasteiger partial charge in [0.1, 0.15) is 6.04 Å². The van der Waals surface area contributed by atoms with Gasteiger partial charge in [0.2, 0.25) is 10.0 Å². The number of hydrogen-bond acceptors (Lipinski definition) is 4. The van der Waals surface area contributed by atoms with E-state index in [4.69, 9.17) is 0 Å². The fourth-order valence-electron chi connectivity index (χ4n) is 2.50. The summed E-state index contributed by atoms with van der Waals surface area (Å²) < 4.78 is 26.3. The highest BCUT2D eigenvalue weighted by molar-refractivity contribution is 7.89. The van der Waals surface area contributed by atoms with Crippen molar-refractivity contribution in [1.29, 1.82) is 0 Å². The maximum atomic E-state index is 12.6. The Bertz CT molecular complexity index is 669. The molecule has 0 radical (unpaired) electrons. The predicted octanol–water partition coefficient (Wildman–Crippen LogP) is 0.674. The molecule has 7 nitrogen and oxygen atoms in total. The molecule has 8 heteroatoms. The number of benzene rings is 1. The largest absolute Gasteiger partial charge is 0.480 e. The van der Waals surface area contributed by atoms with Crippen molar-refractivity contribution in [2.45, 2.75) is 30.2 Å². The quantitative estimate of drug-likeness (QED) is 0.846. The van der Waals surface area contributed by atoms with Gasteiger partial charge in [-0.3, -0.25) is 9.59 Å². The van der Waals surface area contributed by atoms with E-state index in [-0.39, 0.29) is 17.3 Å². The van der Waals surface area contributed by atoms with Gasteiger partial charge in [-0.1, -0.05) is 0 Å². The lowest BCUT2D eigenvalue weighted by Gasteiger charge is -2.31. The third kappa shape index (κ3) is 3.12.